The highest BCUT2D eigenvalue weighted by molar-refractivity contribution is 7.13. The van der Waals surface area contributed by atoms with Crippen LogP contribution in [0.1, 0.15) is 5.69 Å². The van der Waals surface area contributed by atoms with Gasteiger partial charge in [-0.2, -0.15) is 0 Å². The Hall–Kier alpha value is -2.44. The van der Waals surface area contributed by atoms with Crippen molar-refractivity contribution in [3.63, 3.8) is 0 Å². The summed E-state index contributed by atoms with van der Waals surface area (Å²) in [4.78, 5) is 6.80. The number of thiazole rings is 1. The highest BCUT2D eigenvalue weighted by Crippen LogP contribution is 2.26. The third-order valence-corrected chi connectivity index (χ3v) is 4.83. The van der Waals surface area contributed by atoms with Gasteiger partial charge in [-0.15, -0.1) is 11.3 Å². The molecule has 0 saturated carbocycles. The lowest BCUT2D eigenvalue weighted by Crippen LogP contribution is -2.24. The van der Waals surface area contributed by atoms with Crippen LogP contribution in [0.2, 0.25) is 0 Å². The van der Waals surface area contributed by atoms with Gasteiger partial charge in [0.1, 0.15) is 17.4 Å². The number of benzene rings is 2. The van der Waals surface area contributed by atoms with Gasteiger partial charge in [0.15, 0.2) is 11.6 Å². The van der Waals surface area contributed by atoms with E-state index in [4.69, 9.17) is 14.5 Å². The van der Waals surface area contributed by atoms with Crippen molar-refractivity contribution in [1.29, 1.82) is 0 Å². The molecule has 4 nitrogen and oxygen atoms in total. The van der Waals surface area contributed by atoms with E-state index in [2.05, 4.69) is 10.3 Å². The molecule has 1 aromatic heterocycles. The van der Waals surface area contributed by atoms with Crippen molar-refractivity contribution in [2.45, 2.75) is 6.54 Å². The molecule has 2 aromatic carbocycles. The van der Waals surface area contributed by atoms with Crippen LogP contribution in [0.4, 0.5) is 4.39 Å². The summed E-state index contributed by atoms with van der Waals surface area (Å²) >= 11 is 1.62. The van der Waals surface area contributed by atoms with Gasteiger partial charge >= 0.3 is 0 Å². The molecule has 136 valence electrons. The van der Waals surface area contributed by atoms with E-state index in [1.54, 1.807) is 36.6 Å². The summed E-state index contributed by atoms with van der Waals surface area (Å²) in [7, 11) is 3.65. The molecule has 3 rings (SSSR count). The lowest BCUT2D eigenvalue weighted by Gasteiger charge is -2.15. The molecule has 0 N–H and O–H groups in total. The number of halogens is 1. The van der Waals surface area contributed by atoms with Crippen LogP contribution in [0.3, 0.4) is 0 Å². The van der Waals surface area contributed by atoms with Gasteiger partial charge in [0, 0.05) is 24.0 Å². The van der Waals surface area contributed by atoms with E-state index < -0.39 is 0 Å². The van der Waals surface area contributed by atoms with E-state index in [1.807, 2.05) is 31.3 Å². The average Bonchev–Trinajstić information content (AvgIpc) is 3.12. The van der Waals surface area contributed by atoms with Gasteiger partial charge in [0.25, 0.3) is 0 Å². The van der Waals surface area contributed by atoms with Crippen LogP contribution < -0.4 is 9.47 Å². The van der Waals surface area contributed by atoms with Crippen molar-refractivity contribution >= 4 is 11.3 Å². The molecule has 0 radical (unpaired) electrons. The molecule has 0 unspecified atom stereocenters. The molecule has 3 aromatic rings. The minimum atomic E-state index is -0.334. The van der Waals surface area contributed by atoms with Gasteiger partial charge in [-0.05, 0) is 43.4 Å². The zero-order valence-electron chi connectivity index (χ0n) is 14.8. The van der Waals surface area contributed by atoms with Crippen molar-refractivity contribution in [1.82, 2.24) is 9.88 Å². The zero-order valence-corrected chi connectivity index (χ0v) is 15.6. The van der Waals surface area contributed by atoms with E-state index in [0.29, 0.717) is 19.7 Å². The summed E-state index contributed by atoms with van der Waals surface area (Å²) in [6, 6.07) is 14.3. The zero-order chi connectivity index (χ0) is 18.4. The Morgan fingerprint density at radius 2 is 1.88 bits per heavy atom. The van der Waals surface area contributed by atoms with E-state index in [1.165, 1.54) is 6.07 Å². The van der Waals surface area contributed by atoms with Gasteiger partial charge < -0.3 is 9.47 Å². The fourth-order valence-corrected chi connectivity index (χ4v) is 3.29. The van der Waals surface area contributed by atoms with Crippen LogP contribution >= 0.6 is 11.3 Å². The van der Waals surface area contributed by atoms with Crippen molar-refractivity contribution < 1.29 is 13.9 Å². The quantitative estimate of drug-likeness (QED) is 0.584. The minimum absolute atomic E-state index is 0.288. The molecule has 0 saturated heterocycles. The van der Waals surface area contributed by atoms with Crippen LogP contribution in [0, 0.1) is 5.82 Å². The molecular weight excluding hydrogens is 351 g/mol. The van der Waals surface area contributed by atoms with E-state index in [0.717, 1.165) is 22.0 Å². The van der Waals surface area contributed by atoms with Crippen molar-refractivity contribution in [3.8, 4) is 22.1 Å². The molecule has 0 aliphatic rings. The lowest BCUT2D eigenvalue weighted by atomic mass is 10.2. The Morgan fingerprint density at radius 1 is 1.12 bits per heavy atom. The highest BCUT2D eigenvalue weighted by atomic mass is 32.1. The van der Waals surface area contributed by atoms with Crippen molar-refractivity contribution in [2.24, 2.45) is 0 Å². The Labute approximate surface area is 156 Å². The van der Waals surface area contributed by atoms with Gasteiger partial charge in [-0.3, -0.25) is 4.90 Å². The SMILES string of the molecule is COc1ccc(-c2nc(CN(C)CCOc3ccccc3F)cs2)cc1. The predicted octanol–water partition coefficient (Wildman–Crippen LogP) is 4.47. The molecule has 0 bridgehead atoms. The fraction of sp³-hybridized carbons (Fsp3) is 0.250. The Balaban J connectivity index is 1.51. The third-order valence-electron chi connectivity index (χ3n) is 3.89. The maximum atomic E-state index is 13.5. The number of para-hydroxylation sites is 1. The van der Waals surface area contributed by atoms with E-state index >= 15 is 0 Å². The number of likely N-dealkylation sites (N-methyl/N-ethyl adjacent to an activating group) is 1. The monoisotopic (exact) mass is 372 g/mol. The smallest absolute Gasteiger partial charge is 0.165 e. The van der Waals surface area contributed by atoms with Crippen molar-refractivity contribution in [2.75, 3.05) is 27.3 Å². The lowest BCUT2D eigenvalue weighted by molar-refractivity contribution is 0.225. The molecule has 0 fully saturated rings. The number of ether oxygens (including phenoxy) is 2. The molecule has 1 heterocycles. The Morgan fingerprint density at radius 3 is 2.62 bits per heavy atom. The van der Waals surface area contributed by atoms with Crippen LogP contribution in [0.25, 0.3) is 10.6 Å². The maximum absolute atomic E-state index is 13.5. The van der Waals surface area contributed by atoms with Crippen molar-refractivity contribution in [3.05, 3.63) is 65.4 Å². The summed E-state index contributed by atoms with van der Waals surface area (Å²) in [6.45, 7) is 1.82. The first-order valence-corrected chi connectivity index (χ1v) is 9.18. The topological polar surface area (TPSA) is 34.6 Å². The third kappa shape index (κ3) is 4.80. The summed E-state index contributed by atoms with van der Waals surface area (Å²) in [5.41, 5.74) is 2.08. The summed E-state index contributed by atoms with van der Waals surface area (Å²) in [5.74, 6) is 0.787. The molecule has 0 aliphatic carbocycles. The largest absolute Gasteiger partial charge is 0.497 e. The second-order valence-corrected chi connectivity index (χ2v) is 6.75. The highest BCUT2D eigenvalue weighted by Gasteiger charge is 2.08. The fourth-order valence-electron chi connectivity index (χ4n) is 2.47. The number of rotatable bonds is 8. The van der Waals surface area contributed by atoms with Gasteiger partial charge in [0.2, 0.25) is 0 Å². The predicted molar refractivity (Wildman–Crippen MR) is 102 cm³/mol. The second kappa shape index (κ2) is 8.78. The summed E-state index contributed by atoms with van der Waals surface area (Å²) < 4.78 is 24.2. The van der Waals surface area contributed by atoms with Crippen LogP contribution in [-0.2, 0) is 6.54 Å². The summed E-state index contributed by atoms with van der Waals surface area (Å²) in [6.07, 6.45) is 0. The standard InChI is InChI=1S/C20H21FN2O2S/c1-23(11-12-25-19-6-4-3-5-18(19)21)13-16-14-26-20(22-16)15-7-9-17(24-2)10-8-15/h3-10,14H,11-13H2,1-2H3. The first kappa shape index (κ1) is 18.4. The summed E-state index contributed by atoms with van der Waals surface area (Å²) in [5, 5.41) is 3.05. The molecular formula is C20H21FN2O2S. The number of nitrogens with zero attached hydrogens (tertiary/aromatic N) is 2. The molecule has 0 spiro atoms. The molecule has 0 aliphatic heterocycles. The molecule has 0 amide bonds. The Bertz CT molecular complexity index is 836. The van der Waals surface area contributed by atoms with Crippen LogP contribution in [0.5, 0.6) is 11.5 Å². The normalized spacial score (nSPS) is 10.9. The Kier molecular flexibility index (Phi) is 6.20. The number of aromatic nitrogens is 1. The average molecular weight is 372 g/mol. The van der Waals surface area contributed by atoms with Crippen LogP contribution in [-0.4, -0.2) is 37.2 Å². The first-order chi connectivity index (χ1) is 12.7. The number of hydrogen-bond acceptors (Lipinski definition) is 5. The molecule has 0 atom stereocenters. The van der Waals surface area contributed by atoms with Gasteiger partial charge in [-0.1, -0.05) is 12.1 Å². The van der Waals surface area contributed by atoms with Gasteiger partial charge in [0.05, 0.1) is 12.8 Å². The molecule has 26 heavy (non-hydrogen) atoms. The second-order valence-electron chi connectivity index (χ2n) is 5.89. The number of hydrogen-bond donors (Lipinski definition) is 0. The number of methoxy groups -OCH3 is 1. The molecule has 6 heteroatoms. The first-order valence-electron chi connectivity index (χ1n) is 8.30. The minimum Gasteiger partial charge on any atom is -0.497 e. The van der Waals surface area contributed by atoms with Gasteiger partial charge in [-0.25, -0.2) is 9.37 Å². The van der Waals surface area contributed by atoms with Crippen LogP contribution in [0.15, 0.2) is 53.9 Å². The maximum Gasteiger partial charge on any atom is 0.165 e. The van der Waals surface area contributed by atoms with E-state index in [-0.39, 0.29) is 11.6 Å². The van der Waals surface area contributed by atoms with E-state index in [9.17, 15) is 4.39 Å².